The number of benzene rings is 2. The number of esters is 1. The van der Waals surface area contributed by atoms with Gasteiger partial charge in [-0.05, 0) is 38.1 Å². The summed E-state index contributed by atoms with van der Waals surface area (Å²) in [5, 5.41) is 10.9. The van der Waals surface area contributed by atoms with E-state index >= 15 is 0 Å². The molecule has 8 heteroatoms. The van der Waals surface area contributed by atoms with Crippen LogP contribution in [0.1, 0.15) is 22.8 Å². The van der Waals surface area contributed by atoms with Crippen molar-refractivity contribution in [3.63, 3.8) is 0 Å². The van der Waals surface area contributed by atoms with Crippen LogP contribution in [-0.2, 0) is 9.53 Å². The van der Waals surface area contributed by atoms with Gasteiger partial charge in [0.2, 0.25) is 5.78 Å². The van der Waals surface area contributed by atoms with E-state index in [9.17, 15) is 19.7 Å². The summed E-state index contributed by atoms with van der Waals surface area (Å²) >= 11 is 0. The Kier molecular flexibility index (Phi) is 6.87. The van der Waals surface area contributed by atoms with E-state index < -0.39 is 23.3 Å². The number of hydrogen-bond acceptors (Lipinski definition) is 7. The van der Waals surface area contributed by atoms with Gasteiger partial charge in [0.15, 0.2) is 13.2 Å². The predicted octanol–water partition coefficient (Wildman–Crippen LogP) is 3.11. The van der Waals surface area contributed by atoms with E-state index in [4.69, 9.17) is 14.2 Å². The van der Waals surface area contributed by atoms with Gasteiger partial charge in [0, 0.05) is 17.2 Å². The zero-order valence-corrected chi connectivity index (χ0v) is 15.0. The van der Waals surface area contributed by atoms with Crippen molar-refractivity contribution in [1.82, 2.24) is 0 Å². The highest BCUT2D eigenvalue weighted by molar-refractivity contribution is 5.98. The molecule has 0 saturated carbocycles. The third kappa shape index (κ3) is 5.81. The van der Waals surface area contributed by atoms with Gasteiger partial charge in [0.1, 0.15) is 11.5 Å². The summed E-state index contributed by atoms with van der Waals surface area (Å²) in [7, 11) is 0. The van der Waals surface area contributed by atoms with Crippen molar-refractivity contribution in [2.45, 2.75) is 13.8 Å². The lowest BCUT2D eigenvalue weighted by molar-refractivity contribution is -0.385. The molecule has 8 nitrogen and oxygen atoms in total. The fourth-order valence-electron chi connectivity index (χ4n) is 2.19. The lowest BCUT2D eigenvalue weighted by Crippen LogP contribution is -2.19. The smallest absolute Gasteiger partial charge is 0.344 e. The molecule has 0 unspecified atom stereocenters. The molecule has 0 saturated heterocycles. The normalized spacial score (nSPS) is 10.1. The van der Waals surface area contributed by atoms with Gasteiger partial charge >= 0.3 is 5.97 Å². The Labute approximate surface area is 155 Å². The second-order valence-corrected chi connectivity index (χ2v) is 5.54. The number of nitro benzene ring substituents is 1. The Hall–Kier alpha value is -3.42. The molecule has 0 aliphatic rings. The lowest BCUT2D eigenvalue weighted by Gasteiger charge is -2.08. The highest BCUT2D eigenvalue weighted by Gasteiger charge is 2.16. The minimum atomic E-state index is -0.723. The zero-order chi connectivity index (χ0) is 19.8. The number of nitro groups is 1. The van der Waals surface area contributed by atoms with E-state index in [2.05, 4.69) is 0 Å². The number of rotatable bonds is 9. The molecular weight excluding hydrogens is 354 g/mol. The van der Waals surface area contributed by atoms with Crippen molar-refractivity contribution in [3.05, 3.63) is 63.7 Å². The predicted molar refractivity (Wildman–Crippen MR) is 96.2 cm³/mol. The molecule has 27 heavy (non-hydrogen) atoms. The summed E-state index contributed by atoms with van der Waals surface area (Å²) < 4.78 is 15.4. The van der Waals surface area contributed by atoms with Crippen molar-refractivity contribution in [3.8, 4) is 11.5 Å². The summed E-state index contributed by atoms with van der Waals surface area (Å²) in [4.78, 5) is 34.1. The highest BCUT2D eigenvalue weighted by Crippen LogP contribution is 2.20. The number of hydrogen-bond donors (Lipinski definition) is 0. The highest BCUT2D eigenvalue weighted by atomic mass is 16.6. The van der Waals surface area contributed by atoms with E-state index in [0.717, 1.165) is 0 Å². The number of ketones is 1. The largest absolute Gasteiger partial charge is 0.494 e. The molecule has 2 rings (SSSR count). The van der Waals surface area contributed by atoms with E-state index in [1.807, 2.05) is 6.92 Å². The molecule has 2 aromatic rings. The Balaban J connectivity index is 1.83. The third-order valence-electron chi connectivity index (χ3n) is 3.58. The van der Waals surface area contributed by atoms with Crippen molar-refractivity contribution in [2.24, 2.45) is 0 Å². The first-order valence-corrected chi connectivity index (χ1v) is 8.20. The van der Waals surface area contributed by atoms with Crippen LogP contribution < -0.4 is 9.47 Å². The Morgan fingerprint density at radius 2 is 1.63 bits per heavy atom. The van der Waals surface area contributed by atoms with Crippen LogP contribution in [0, 0.1) is 17.0 Å². The number of ether oxygens (including phenoxy) is 3. The van der Waals surface area contributed by atoms with Crippen LogP contribution in [0.4, 0.5) is 5.69 Å². The maximum atomic E-state index is 12.1. The zero-order valence-electron chi connectivity index (χ0n) is 15.0. The molecule has 0 heterocycles. The first-order valence-electron chi connectivity index (χ1n) is 8.20. The number of carbonyl (C=O) groups is 2. The van der Waals surface area contributed by atoms with Crippen LogP contribution >= 0.6 is 0 Å². The lowest BCUT2D eigenvalue weighted by atomic mass is 10.1. The third-order valence-corrected chi connectivity index (χ3v) is 3.58. The van der Waals surface area contributed by atoms with Crippen molar-refractivity contribution in [2.75, 3.05) is 19.8 Å². The average molecular weight is 373 g/mol. The molecule has 0 amide bonds. The van der Waals surface area contributed by atoms with Gasteiger partial charge < -0.3 is 14.2 Å². The molecule has 142 valence electrons. The number of aryl methyl sites for hydroxylation is 1. The number of Topliss-reactive ketones (excluding diaryl/α,β-unsaturated/α-hetero) is 1. The van der Waals surface area contributed by atoms with Crippen molar-refractivity contribution in [1.29, 1.82) is 0 Å². The molecule has 0 aromatic heterocycles. The van der Waals surface area contributed by atoms with Crippen LogP contribution in [-0.4, -0.2) is 36.5 Å². The van der Waals surface area contributed by atoms with E-state index in [-0.39, 0.29) is 17.9 Å². The van der Waals surface area contributed by atoms with Crippen LogP contribution in [0.3, 0.4) is 0 Å². The topological polar surface area (TPSA) is 105 Å². The molecule has 0 fully saturated rings. The summed E-state index contributed by atoms with van der Waals surface area (Å²) in [6, 6.07) is 10.8. The van der Waals surface area contributed by atoms with Gasteiger partial charge in [0.05, 0.1) is 11.5 Å². The summed E-state index contributed by atoms with van der Waals surface area (Å²) in [6.07, 6.45) is 0. The van der Waals surface area contributed by atoms with Gasteiger partial charge in [-0.1, -0.05) is 12.1 Å². The number of carbonyl (C=O) groups excluding carboxylic acids is 2. The maximum absolute atomic E-state index is 12.1. The molecule has 0 radical (unpaired) electrons. The van der Waals surface area contributed by atoms with E-state index in [0.29, 0.717) is 23.7 Å². The monoisotopic (exact) mass is 373 g/mol. The van der Waals surface area contributed by atoms with Crippen molar-refractivity contribution >= 4 is 17.4 Å². The average Bonchev–Trinajstić information content (AvgIpc) is 2.66. The van der Waals surface area contributed by atoms with Crippen LogP contribution in [0.2, 0.25) is 0 Å². The second kappa shape index (κ2) is 9.33. The molecule has 0 aliphatic heterocycles. The first kappa shape index (κ1) is 19.9. The summed E-state index contributed by atoms with van der Waals surface area (Å²) in [5.41, 5.74) is 0.385. The SMILES string of the molecule is CCOc1ccc(OCC(=O)OCC(=O)c2ccc(C)c([N+](=O)[O-])c2)cc1. The molecule has 0 N–H and O–H groups in total. The fraction of sp³-hybridized carbons (Fsp3) is 0.263. The molecular formula is C19H19NO7. The summed E-state index contributed by atoms with van der Waals surface area (Å²) in [5.74, 6) is -0.118. The molecule has 0 atom stereocenters. The van der Waals surface area contributed by atoms with Crippen LogP contribution in [0.15, 0.2) is 42.5 Å². The quantitative estimate of drug-likeness (QED) is 0.288. The van der Waals surface area contributed by atoms with Gasteiger partial charge in [-0.25, -0.2) is 4.79 Å². The van der Waals surface area contributed by atoms with E-state index in [1.165, 1.54) is 18.2 Å². The van der Waals surface area contributed by atoms with Gasteiger partial charge in [-0.15, -0.1) is 0 Å². The maximum Gasteiger partial charge on any atom is 0.344 e. The fourth-order valence-corrected chi connectivity index (χ4v) is 2.19. The Morgan fingerprint density at radius 3 is 2.22 bits per heavy atom. The van der Waals surface area contributed by atoms with E-state index in [1.54, 1.807) is 31.2 Å². The van der Waals surface area contributed by atoms with Crippen LogP contribution in [0.25, 0.3) is 0 Å². The van der Waals surface area contributed by atoms with Gasteiger partial charge in [0.25, 0.3) is 5.69 Å². The molecule has 0 bridgehead atoms. The van der Waals surface area contributed by atoms with Gasteiger partial charge in [-0.2, -0.15) is 0 Å². The van der Waals surface area contributed by atoms with Gasteiger partial charge in [-0.3, -0.25) is 14.9 Å². The Bertz CT molecular complexity index is 830. The van der Waals surface area contributed by atoms with Crippen molar-refractivity contribution < 1.29 is 28.7 Å². The first-order chi connectivity index (χ1) is 12.9. The molecule has 0 aliphatic carbocycles. The number of nitrogens with zero attached hydrogens (tertiary/aromatic N) is 1. The molecule has 2 aromatic carbocycles. The standard InChI is InChI=1S/C19H19NO7/c1-3-25-15-6-8-16(9-7-15)26-12-19(22)27-11-18(21)14-5-4-13(2)17(10-14)20(23)24/h4-10H,3,11-12H2,1-2H3. The minimum absolute atomic E-state index is 0.104. The second-order valence-electron chi connectivity index (χ2n) is 5.54. The summed E-state index contributed by atoms with van der Waals surface area (Å²) in [6.45, 7) is 3.10. The van der Waals surface area contributed by atoms with Crippen LogP contribution in [0.5, 0.6) is 11.5 Å². The molecule has 0 spiro atoms. The Morgan fingerprint density at radius 1 is 1.00 bits per heavy atom. The minimum Gasteiger partial charge on any atom is -0.494 e.